The van der Waals surface area contributed by atoms with Crippen LogP contribution in [0.4, 0.5) is 0 Å². The van der Waals surface area contributed by atoms with Gasteiger partial charge in [0.15, 0.2) is 0 Å². The fourth-order valence-electron chi connectivity index (χ4n) is 3.28. The first-order valence-corrected chi connectivity index (χ1v) is 7.67. The third-order valence-electron chi connectivity index (χ3n) is 4.34. The summed E-state index contributed by atoms with van der Waals surface area (Å²) in [6, 6.07) is 0. The van der Waals surface area contributed by atoms with E-state index in [9.17, 15) is 0 Å². The quantitative estimate of drug-likeness (QED) is 0.740. The molecule has 18 heavy (non-hydrogen) atoms. The molecule has 1 aliphatic carbocycles. The maximum atomic E-state index is 6.48. The number of rotatable bonds is 6. The molecule has 3 nitrogen and oxygen atoms in total. The Morgan fingerprint density at radius 2 is 1.89 bits per heavy atom. The molecule has 0 spiro atoms. The highest BCUT2D eigenvalue weighted by Crippen LogP contribution is 2.41. The summed E-state index contributed by atoms with van der Waals surface area (Å²) in [5.74, 6) is 0. The lowest BCUT2D eigenvalue weighted by Crippen LogP contribution is -2.47. The van der Waals surface area contributed by atoms with Gasteiger partial charge >= 0.3 is 0 Å². The van der Waals surface area contributed by atoms with Crippen LogP contribution in [0, 0.1) is 0 Å². The lowest BCUT2D eigenvalue weighted by molar-refractivity contribution is -0.185. The SMILES string of the molecule is CCNCCC1(OC2CC(C)OC(C)C2)CCC1. The van der Waals surface area contributed by atoms with Gasteiger partial charge in [-0.05, 0) is 65.5 Å². The van der Waals surface area contributed by atoms with Crippen molar-refractivity contribution in [2.45, 2.75) is 83.2 Å². The lowest BCUT2D eigenvalue weighted by Gasteiger charge is -2.46. The summed E-state index contributed by atoms with van der Waals surface area (Å²) >= 11 is 0. The van der Waals surface area contributed by atoms with Gasteiger partial charge in [0.25, 0.3) is 0 Å². The van der Waals surface area contributed by atoms with Crippen molar-refractivity contribution >= 4 is 0 Å². The van der Waals surface area contributed by atoms with Gasteiger partial charge in [-0.3, -0.25) is 0 Å². The first kappa shape index (κ1) is 14.3. The fourth-order valence-corrected chi connectivity index (χ4v) is 3.28. The molecule has 2 fully saturated rings. The third-order valence-corrected chi connectivity index (χ3v) is 4.34. The van der Waals surface area contributed by atoms with Crippen molar-refractivity contribution < 1.29 is 9.47 Å². The molecule has 0 aromatic heterocycles. The molecular weight excluding hydrogens is 226 g/mol. The van der Waals surface area contributed by atoms with E-state index in [1.165, 1.54) is 25.7 Å². The van der Waals surface area contributed by atoms with Crippen LogP contribution in [0.3, 0.4) is 0 Å². The van der Waals surface area contributed by atoms with E-state index in [4.69, 9.17) is 9.47 Å². The summed E-state index contributed by atoms with van der Waals surface area (Å²) in [6.07, 6.45) is 8.24. The summed E-state index contributed by atoms with van der Waals surface area (Å²) < 4.78 is 12.3. The summed E-state index contributed by atoms with van der Waals surface area (Å²) in [6.45, 7) is 8.64. The van der Waals surface area contributed by atoms with Crippen molar-refractivity contribution in [3.63, 3.8) is 0 Å². The first-order chi connectivity index (χ1) is 8.63. The molecule has 2 aliphatic rings. The number of hydrogen-bond donors (Lipinski definition) is 1. The molecule has 2 unspecified atom stereocenters. The lowest BCUT2D eigenvalue weighted by atomic mass is 9.77. The normalized spacial score (nSPS) is 35.2. The van der Waals surface area contributed by atoms with Gasteiger partial charge in [0.2, 0.25) is 0 Å². The van der Waals surface area contributed by atoms with Gasteiger partial charge in [-0.15, -0.1) is 0 Å². The largest absolute Gasteiger partial charge is 0.375 e. The number of nitrogens with one attached hydrogen (secondary N) is 1. The zero-order chi connectivity index (χ0) is 13.0. The third kappa shape index (κ3) is 3.69. The Labute approximate surface area is 112 Å². The molecule has 1 aliphatic heterocycles. The molecule has 2 rings (SSSR count). The molecular formula is C15H29NO2. The Kier molecular flexibility index (Phi) is 5.05. The molecule has 106 valence electrons. The Bertz CT molecular complexity index is 243. The summed E-state index contributed by atoms with van der Waals surface area (Å²) in [5, 5.41) is 3.42. The highest BCUT2D eigenvalue weighted by atomic mass is 16.5. The number of ether oxygens (including phenoxy) is 2. The molecule has 1 N–H and O–H groups in total. The first-order valence-electron chi connectivity index (χ1n) is 7.67. The van der Waals surface area contributed by atoms with Crippen LogP contribution in [0.5, 0.6) is 0 Å². The predicted octanol–water partition coefficient (Wildman–Crippen LogP) is 2.88. The standard InChI is InChI=1S/C15H29NO2/c1-4-16-9-8-15(6-5-7-15)18-14-10-12(2)17-13(3)11-14/h12-14,16H,4-11H2,1-3H3. The Morgan fingerprint density at radius 3 is 2.39 bits per heavy atom. The van der Waals surface area contributed by atoms with Gasteiger partial charge in [-0.25, -0.2) is 0 Å². The van der Waals surface area contributed by atoms with Crippen molar-refractivity contribution in [1.82, 2.24) is 5.32 Å². The maximum Gasteiger partial charge on any atom is 0.0698 e. The van der Waals surface area contributed by atoms with E-state index in [1.807, 2.05) is 0 Å². The Balaban J connectivity index is 1.81. The van der Waals surface area contributed by atoms with E-state index in [1.54, 1.807) is 0 Å². The zero-order valence-corrected chi connectivity index (χ0v) is 12.2. The molecule has 0 amide bonds. The summed E-state index contributed by atoms with van der Waals surface area (Å²) in [7, 11) is 0. The highest BCUT2D eigenvalue weighted by molar-refractivity contribution is 4.92. The second kappa shape index (κ2) is 6.36. The zero-order valence-electron chi connectivity index (χ0n) is 12.2. The van der Waals surface area contributed by atoms with E-state index >= 15 is 0 Å². The van der Waals surface area contributed by atoms with Gasteiger partial charge in [-0.1, -0.05) is 6.92 Å². The predicted molar refractivity (Wildman–Crippen MR) is 73.9 cm³/mol. The van der Waals surface area contributed by atoms with Gasteiger partial charge in [-0.2, -0.15) is 0 Å². The van der Waals surface area contributed by atoms with Crippen LogP contribution in [0.25, 0.3) is 0 Å². The smallest absolute Gasteiger partial charge is 0.0698 e. The molecule has 0 aromatic carbocycles. The minimum absolute atomic E-state index is 0.184. The van der Waals surface area contributed by atoms with Crippen LogP contribution >= 0.6 is 0 Å². The average molecular weight is 255 g/mol. The van der Waals surface area contributed by atoms with Crippen molar-refractivity contribution in [3.05, 3.63) is 0 Å². The fraction of sp³-hybridized carbons (Fsp3) is 1.00. The van der Waals surface area contributed by atoms with Crippen LogP contribution < -0.4 is 5.32 Å². The van der Waals surface area contributed by atoms with Crippen molar-refractivity contribution in [2.75, 3.05) is 13.1 Å². The van der Waals surface area contributed by atoms with Gasteiger partial charge < -0.3 is 14.8 Å². The molecule has 2 atom stereocenters. The Morgan fingerprint density at radius 1 is 1.22 bits per heavy atom. The molecule has 0 aromatic rings. The molecule has 1 saturated heterocycles. The maximum absolute atomic E-state index is 6.48. The van der Waals surface area contributed by atoms with Gasteiger partial charge in [0, 0.05) is 0 Å². The van der Waals surface area contributed by atoms with Crippen molar-refractivity contribution in [3.8, 4) is 0 Å². The summed E-state index contributed by atoms with van der Waals surface area (Å²) in [5.41, 5.74) is 0.184. The minimum atomic E-state index is 0.184. The van der Waals surface area contributed by atoms with E-state index in [2.05, 4.69) is 26.1 Å². The van der Waals surface area contributed by atoms with E-state index in [-0.39, 0.29) is 5.60 Å². The van der Waals surface area contributed by atoms with Crippen LogP contribution in [-0.4, -0.2) is 37.0 Å². The monoisotopic (exact) mass is 255 g/mol. The van der Waals surface area contributed by atoms with Crippen LogP contribution in [-0.2, 0) is 9.47 Å². The van der Waals surface area contributed by atoms with E-state index in [0.29, 0.717) is 18.3 Å². The van der Waals surface area contributed by atoms with Crippen LogP contribution in [0.15, 0.2) is 0 Å². The van der Waals surface area contributed by atoms with Crippen molar-refractivity contribution in [2.24, 2.45) is 0 Å². The molecule has 0 radical (unpaired) electrons. The van der Waals surface area contributed by atoms with E-state index in [0.717, 1.165) is 25.9 Å². The molecule has 1 saturated carbocycles. The van der Waals surface area contributed by atoms with Crippen LogP contribution in [0.2, 0.25) is 0 Å². The topological polar surface area (TPSA) is 30.5 Å². The Hall–Kier alpha value is -0.120. The van der Waals surface area contributed by atoms with Gasteiger partial charge in [0.05, 0.1) is 23.9 Å². The van der Waals surface area contributed by atoms with E-state index < -0.39 is 0 Å². The molecule has 3 heteroatoms. The van der Waals surface area contributed by atoms with Gasteiger partial charge in [0.1, 0.15) is 0 Å². The number of hydrogen-bond acceptors (Lipinski definition) is 3. The van der Waals surface area contributed by atoms with Crippen molar-refractivity contribution in [1.29, 1.82) is 0 Å². The second-order valence-corrected chi connectivity index (χ2v) is 6.11. The van der Waals surface area contributed by atoms with Crippen LogP contribution in [0.1, 0.15) is 59.3 Å². The highest BCUT2D eigenvalue weighted by Gasteiger charge is 2.40. The average Bonchev–Trinajstić information content (AvgIpc) is 2.24. The molecule has 1 heterocycles. The second-order valence-electron chi connectivity index (χ2n) is 6.11. The summed E-state index contributed by atoms with van der Waals surface area (Å²) in [4.78, 5) is 0. The minimum Gasteiger partial charge on any atom is -0.375 e. The molecule has 0 bridgehead atoms.